The van der Waals surface area contributed by atoms with Crippen LogP contribution in [0.15, 0.2) is 47.5 Å². The molecule has 1 N–H and O–H groups in total. The number of hydrogen-bond acceptors (Lipinski definition) is 3. The summed E-state index contributed by atoms with van der Waals surface area (Å²) in [6, 6.07) is 10.2. The van der Waals surface area contributed by atoms with E-state index in [0.717, 1.165) is 5.56 Å². The zero-order valence-corrected chi connectivity index (χ0v) is 14.2. The predicted octanol–water partition coefficient (Wildman–Crippen LogP) is 3.65. The van der Waals surface area contributed by atoms with Gasteiger partial charge in [-0.2, -0.15) is 0 Å². The van der Waals surface area contributed by atoms with Gasteiger partial charge >= 0.3 is 0 Å². The lowest BCUT2D eigenvalue weighted by atomic mass is 10.1. The molecule has 0 unspecified atom stereocenters. The van der Waals surface area contributed by atoms with E-state index in [1.54, 1.807) is 30.3 Å². The number of halogens is 2. The number of anilines is 1. The number of para-hydroxylation sites is 1. The number of amides is 1. The minimum atomic E-state index is -0.357. The number of carbonyl (C=O) groups excluding carboxylic acids is 1. The predicted molar refractivity (Wildman–Crippen MR) is 95.8 cm³/mol. The molecule has 1 amide bonds. The van der Waals surface area contributed by atoms with E-state index in [0.29, 0.717) is 26.6 Å². The van der Waals surface area contributed by atoms with Gasteiger partial charge in [0.2, 0.25) is 5.91 Å². The van der Waals surface area contributed by atoms with Crippen molar-refractivity contribution in [2.24, 2.45) is 0 Å². The van der Waals surface area contributed by atoms with Crippen molar-refractivity contribution in [3.8, 4) is 0 Å². The Bertz CT molecular complexity index is 999. The van der Waals surface area contributed by atoms with Gasteiger partial charge in [-0.15, -0.1) is 0 Å². The summed E-state index contributed by atoms with van der Waals surface area (Å²) < 4.78 is 1.27. The molecule has 5 nitrogen and oxygen atoms in total. The SMILES string of the molecule is Cc1cccc2c(=O)n(CC(=O)Nc3ccc(Cl)c(Cl)c3)cnc12. The Morgan fingerprint density at radius 2 is 2.00 bits per heavy atom. The Kier molecular flexibility index (Phi) is 4.55. The summed E-state index contributed by atoms with van der Waals surface area (Å²) >= 11 is 11.8. The Hall–Kier alpha value is -2.37. The molecular weight excluding hydrogens is 349 g/mol. The molecule has 0 radical (unpaired) electrons. The van der Waals surface area contributed by atoms with Crippen LogP contribution >= 0.6 is 23.2 Å². The Morgan fingerprint density at radius 3 is 2.75 bits per heavy atom. The van der Waals surface area contributed by atoms with Crippen molar-refractivity contribution in [1.29, 1.82) is 0 Å². The number of rotatable bonds is 3. The number of nitrogens with one attached hydrogen (secondary N) is 1. The third-order valence-electron chi connectivity index (χ3n) is 3.57. The molecule has 0 spiro atoms. The number of fused-ring (bicyclic) bond motifs is 1. The number of benzene rings is 2. The van der Waals surface area contributed by atoms with Gasteiger partial charge in [0.15, 0.2) is 0 Å². The molecule has 0 aliphatic rings. The van der Waals surface area contributed by atoms with E-state index in [1.807, 2.05) is 13.0 Å². The van der Waals surface area contributed by atoms with Gasteiger partial charge in [0.25, 0.3) is 5.56 Å². The van der Waals surface area contributed by atoms with Gasteiger partial charge in [-0.1, -0.05) is 35.3 Å². The van der Waals surface area contributed by atoms with Gasteiger partial charge in [0.1, 0.15) is 6.54 Å². The Labute approximate surface area is 147 Å². The van der Waals surface area contributed by atoms with Crippen LogP contribution in [-0.2, 0) is 11.3 Å². The maximum Gasteiger partial charge on any atom is 0.261 e. The van der Waals surface area contributed by atoms with Gasteiger partial charge in [-0.05, 0) is 36.8 Å². The van der Waals surface area contributed by atoms with Crippen LogP contribution in [0.1, 0.15) is 5.56 Å². The van der Waals surface area contributed by atoms with Crippen molar-refractivity contribution in [1.82, 2.24) is 9.55 Å². The number of hydrogen-bond donors (Lipinski definition) is 1. The molecule has 0 bridgehead atoms. The highest BCUT2D eigenvalue weighted by molar-refractivity contribution is 6.42. The lowest BCUT2D eigenvalue weighted by Gasteiger charge is -2.09. The summed E-state index contributed by atoms with van der Waals surface area (Å²) in [6.45, 7) is 1.74. The zero-order chi connectivity index (χ0) is 17.3. The first-order chi connectivity index (χ1) is 11.5. The van der Waals surface area contributed by atoms with E-state index in [-0.39, 0.29) is 18.0 Å². The maximum atomic E-state index is 12.5. The van der Waals surface area contributed by atoms with Crippen LogP contribution in [0, 0.1) is 6.92 Å². The molecular formula is C17H13Cl2N3O2. The molecule has 7 heteroatoms. The van der Waals surface area contributed by atoms with Crippen LogP contribution in [-0.4, -0.2) is 15.5 Å². The maximum absolute atomic E-state index is 12.5. The van der Waals surface area contributed by atoms with Crippen molar-refractivity contribution < 1.29 is 4.79 Å². The van der Waals surface area contributed by atoms with Crippen molar-refractivity contribution in [2.75, 3.05) is 5.32 Å². The van der Waals surface area contributed by atoms with Crippen LogP contribution in [0.3, 0.4) is 0 Å². The second-order valence-corrected chi connectivity index (χ2v) is 6.14. The van der Waals surface area contributed by atoms with E-state index in [2.05, 4.69) is 10.3 Å². The fourth-order valence-corrected chi connectivity index (χ4v) is 2.68. The van der Waals surface area contributed by atoms with Crippen molar-refractivity contribution in [3.63, 3.8) is 0 Å². The van der Waals surface area contributed by atoms with Gasteiger partial charge in [0, 0.05) is 5.69 Å². The summed E-state index contributed by atoms with van der Waals surface area (Å²) in [7, 11) is 0. The molecule has 3 rings (SSSR count). The molecule has 0 saturated heterocycles. The molecule has 24 heavy (non-hydrogen) atoms. The first kappa shape index (κ1) is 16.5. The van der Waals surface area contributed by atoms with E-state index < -0.39 is 0 Å². The Balaban J connectivity index is 1.84. The monoisotopic (exact) mass is 361 g/mol. The van der Waals surface area contributed by atoms with E-state index in [4.69, 9.17) is 23.2 Å². The van der Waals surface area contributed by atoms with Gasteiger partial charge in [-0.25, -0.2) is 4.98 Å². The fraction of sp³-hybridized carbons (Fsp3) is 0.118. The van der Waals surface area contributed by atoms with Crippen LogP contribution in [0.25, 0.3) is 10.9 Å². The molecule has 0 atom stereocenters. The standard InChI is InChI=1S/C17H13Cl2N3O2/c1-10-3-2-4-12-16(10)20-9-22(17(12)24)8-15(23)21-11-5-6-13(18)14(19)7-11/h2-7,9H,8H2,1H3,(H,21,23). The van der Waals surface area contributed by atoms with Crippen LogP contribution in [0.5, 0.6) is 0 Å². The van der Waals surface area contributed by atoms with Gasteiger partial charge < -0.3 is 5.32 Å². The van der Waals surface area contributed by atoms with Crippen LogP contribution < -0.4 is 10.9 Å². The highest BCUT2D eigenvalue weighted by atomic mass is 35.5. The number of aryl methyl sites for hydroxylation is 1. The van der Waals surface area contributed by atoms with Gasteiger partial charge in [-0.3, -0.25) is 14.2 Å². The molecule has 1 heterocycles. The quantitative estimate of drug-likeness (QED) is 0.774. The second-order valence-electron chi connectivity index (χ2n) is 5.33. The van der Waals surface area contributed by atoms with E-state index in [1.165, 1.54) is 10.9 Å². The molecule has 0 fully saturated rings. The summed E-state index contributed by atoms with van der Waals surface area (Å²) in [5.74, 6) is -0.357. The first-order valence-corrected chi connectivity index (χ1v) is 7.91. The minimum absolute atomic E-state index is 0.143. The zero-order valence-electron chi connectivity index (χ0n) is 12.7. The fourth-order valence-electron chi connectivity index (χ4n) is 2.38. The number of aromatic nitrogens is 2. The second kappa shape index (κ2) is 6.63. The summed E-state index contributed by atoms with van der Waals surface area (Å²) in [5.41, 5.74) is 1.81. The van der Waals surface area contributed by atoms with Crippen LogP contribution in [0.4, 0.5) is 5.69 Å². The smallest absolute Gasteiger partial charge is 0.261 e. The summed E-state index contributed by atoms with van der Waals surface area (Å²) in [5, 5.41) is 3.91. The topological polar surface area (TPSA) is 64.0 Å². The average molecular weight is 362 g/mol. The number of carbonyl (C=O) groups is 1. The molecule has 0 aliphatic heterocycles. The minimum Gasteiger partial charge on any atom is -0.324 e. The average Bonchev–Trinajstić information content (AvgIpc) is 2.54. The molecule has 1 aromatic heterocycles. The molecule has 0 saturated carbocycles. The normalized spacial score (nSPS) is 10.8. The van der Waals surface area contributed by atoms with Crippen LogP contribution in [0.2, 0.25) is 10.0 Å². The third-order valence-corrected chi connectivity index (χ3v) is 4.31. The molecule has 2 aromatic carbocycles. The van der Waals surface area contributed by atoms with Crippen molar-refractivity contribution in [2.45, 2.75) is 13.5 Å². The lowest BCUT2D eigenvalue weighted by Crippen LogP contribution is -2.28. The Morgan fingerprint density at radius 1 is 1.21 bits per heavy atom. The largest absolute Gasteiger partial charge is 0.324 e. The van der Waals surface area contributed by atoms with Crippen molar-refractivity contribution in [3.05, 3.63) is 68.7 Å². The summed E-state index contributed by atoms with van der Waals surface area (Å²) in [4.78, 5) is 28.9. The molecule has 122 valence electrons. The van der Waals surface area contributed by atoms with Crippen molar-refractivity contribution >= 4 is 45.7 Å². The molecule has 0 aliphatic carbocycles. The summed E-state index contributed by atoms with van der Waals surface area (Å²) in [6.07, 6.45) is 1.38. The van der Waals surface area contributed by atoms with E-state index in [9.17, 15) is 9.59 Å². The highest BCUT2D eigenvalue weighted by Crippen LogP contribution is 2.24. The highest BCUT2D eigenvalue weighted by Gasteiger charge is 2.10. The molecule has 3 aromatic rings. The number of nitrogens with zero attached hydrogens (tertiary/aromatic N) is 2. The van der Waals surface area contributed by atoms with E-state index >= 15 is 0 Å². The van der Waals surface area contributed by atoms with Gasteiger partial charge in [0.05, 0.1) is 27.3 Å². The first-order valence-electron chi connectivity index (χ1n) is 7.15. The third kappa shape index (κ3) is 3.27. The lowest BCUT2D eigenvalue weighted by molar-refractivity contribution is -0.116.